The molecule has 3 N–H and O–H groups in total. The first-order valence-electron chi connectivity index (χ1n) is 5.68. The summed E-state index contributed by atoms with van der Waals surface area (Å²) in [5, 5.41) is 8.53. The van der Waals surface area contributed by atoms with Gasteiger partial charge in [0.2, 0.25) is 5.91 Å². The Morgan fingerprint density at radius 1 is 1.38 bits per heavy atom. The fourth-order valence-electron chi connectivity index (χ4n) is 1.41. The zero-order valence-electron chi connectivity index (χ0n) is 10.3. The number of nitrogens with two attached hydrogens (primary N) is 1. The Hall–Kier alpha value is -1.10. The summed E-state index contributed by atoms with van der Waals surface area (Å²) in [4.78, 5) is 23.9. The molecule has 1 amide bonds. The zero-order valence-corrected chi connectivity index (χ0v) is 10.3. The van der Waals surface area contributed by atoms with E-state index in [1.165, 1.54) is 0 Å². The first-order chi connectivity index (χ1) is 7.40. The molecule has 0 spiro atoms. The summed E-state index contributed by atoms with van der Waals surface area (Å²) in [6, 6.07) is -0.425. The highest BCUT2D eigenvalue weighted by atomic mass is 16.4. The van der Waals surface area contributed by atoms with E-state index >= 15 is 0 Å². The van der Waals surface area contributed by atoms with Crippen LogP contribution in [0.25, 0.3) is 0 Å². The van der Waals surface area contributed by atoms with Crippen LogP contribution in [0.15, 0.2) is 0 Å². The molecule has 0 unspecified atom stereocenters. The fourth-order valence-corrected chi connectivity index (χ4v) is 1.41. The molecule has 0 heterocycles. The van der Waals surface area contributed by atoms with Crippen LogP contribution in [0.2, 0.25) is 0 Å². The van der Waals surface area contributed by atoms with E-state index in [4.69, 9.17) is 10.8 Å². The van der Waals surface area contributed by atoms with Gasteiger partial charge in [-0.1, -0.05) is 6.92 Å². The lowest BCUT2D eigenvalue weighted by Crippen LogP contribution is -2.47. The summed E-state index contributed by atoms with van der Waals surface area (Å²) in [6.07, 6.45) is 1.15. The van der Waals surface area contributed by atoms with Crippen LogP contribution in [0, 0.1) is 0 Å². The predicted octanol–water partition coefficient (Wildman–Crippen LogP) is 0.826. The standard InChI is InChI=1S/C11H22N2O3/c1-4-9(12)11(16)13(8(2)3)7-5-6-10(14)15/h8-9H,4-7,12H2,1-3H3,(H,14,15)/t9-/m1/s1. The molecule has 5 nitrogen and oxygen atoms in total. The summed E-state index contributed by atoms with van der Waals surface area (Å²) in [5.41, 5.74) is 5.68. The molecule has 0 aromatic carbocycles. The minimum absolute atomic E-state index is 0.0545. The summed E-state index contributed by atoms with van der Waals surface area (Å²) < 4.78 is 0. The number of aliphatic carboxylic acids is 1. The Morgan fingerprint density at radius 2 is 1.94 bits per heavy atom. The van der Waals surface area contributed by atoms with E-state index in [-0.39, 0.29) is 18.4 Å². The van der Waals surface area contributed by atoms with Crippen LogP contribution in [0.3, 0.4) is 0 Å². The third kappa shape index (κ3) is 5.11. The van der Waals surface area contributed by atoms with E-state index in [9.17, 15) is 9.59 Å². The Labute approximate surface area is 96.6 Å². The van der Waals surface area contributed by atoms with Gasteiger partial charge in [0.1, 0.15) is 0 Å². The zero-order chi connectivity index (χ0) is 12.7. The smallest absolute Gasteiger partial charge is 0.303 e. The van der Waals surface area contributed by atoms with Gasteiger partial charge in [0.05, 0.1) is 6.04 Å². The Balaban J connectivity index is 4.27. The van der Waals surface area contributed by atoms with Crippen molar-refractivity contribution >= 4 is 11.9 Å². The van der Waals surface area contributed by atoms with E-state index in [1.54, 1.807) is 4.90 Å². The SMILES string of the molecule is CC[C@@H](N)C(=O)N(CCCC(=O)O)C(C)C. The van der Waals surface area contributed by atoms with E-state index in [1.807, 2.05) is 20.8 Å². The van der Waals surface area contributed by atoms with Crippen LogP contribution in [-0.2, 0) is 9.59 Å². The third-order valence-corrected chi connectivity index (χ3v) is 2.45. The molecule has 16 heavy (non-hydrogen) atoms. The van der Waals surface area contributed by atoms with Crippen molar-refractivity contribution in [1.29, 1.82) is 0 Å². The molecule has 0 aliphatic heterocycles. The topological polar surface area (TPSA) is 83.6 Å². The van der Waals surface area contributed by atoms with Crippen LogP contribution in [0.1, 0.15) is 40.0 Å². The van der Waals surface area contributed by atoms with E-state index in [0.717, 1.165) is 0 Å². The van der Waals surface area contributed by atoms with Crippen LogP contribution in [0.5, 0.6) is 0 Å². The van der Waals surface area contributed by atoms with Gasteiger partial charge in [0, 0.05) is 19.0 Å². The average Bonchev–Trinajstić information content (AvgIpc) is 2.21. The summed E-state index contributed by atoms with van der Waals surface area (Å²) in [6.45, 7) is 6.12. The number of hydrogen-bond acceptors (Lipinski definition) is 3. The van der Waals surface area contributed by atoms with E-state index < -0.39 is 12.0 Å². The minimum Gasteiger partial charge on any atom is -0.481 e. The van der Waals surface area contributed by atoms with E-state index in [2.05, 4.69) is 0 Å². The lowest BCUT2D eigenvalue weighted by atomic mass is 10.1. The molecule has 5 heteroatoms. The number of carboxylic acid groups (broad SMARTS) is 1. The number of carbonyl (C=O) groups excluding carboxylic acids is 1. The lowest BCUT2D eigenvalue weighted by Gasteiger charge is -2.28. The highest BCUT2D eigenvalue weighted by Crippen LogP contribution is 2.05. The van der Waals surface area contributed by atoms with Gasteiger partial charge in [-0.3, -0.25) is 9.59 Å². The van der Waals surface area contributed by atoms with Gasteiger partial charge in [-0.15, -0.1) is 0 Å². The summed E-state index contributed by atoms with van der Waals surface area (Å²) >= 11 is 0. The number of hydrogen-bond donors (Lipinski definition) is 2. The molecule has 0 saturated carbocycles. The second kappa shape index (κ2) is 7.22. The Morgan fingerprint density at radius 3 is 2.31 bits per heavy atom. The minimum atomic E-state index is -0.837. The maximum Gasteiger partial charge on any atom is 0.303 e. The first kappa shape index (κ1) is 14.9. The van der Waals surface area contributed by atoms with Gasteiger partial charge >= 0.3 is 5.97 Å². The van der Waals surface area contributed by atoms with Crippen molar-refractivity contribution in [3.63, 3.8) is 0 Å². The maximum absolute atomic E-state index is 11.8. The Kier molecular flexibility index (Phi) is 6.72. The van der Waals surface area contributed by atoms with Gasteiger partial charge in [-0.2, -0.15) is 0 Å². The fraction of sp³-hybridized carbons (Fsp3) is 0.818. The van der Waals surface area contributed by atoms with Gasteiger partial charge in [0.25, 0.3) is 0 Å². The third-order valence-electron chi connectivity index (χ3n) is 2.45. The molecule has 0 saturated heterocycles. The van der Waals surface area contributed by atoms with Crippen LogP contribution in [-0.4, -0.2) is 40.5 Å². The molecule has 0 rings (SSSR count). The molecular weight excluding hydrogens is 208 g/mol. The molecule has 1 atom stereocenters. The van der Waals surface area contributed by atoms with Crippen LogP contribution in [0.4, 0.5) is 0 Å². The van der Waals surface area contributed by atoms with Gasteiger partial charge in [-0.25, -0.2) is 0 Å². The van der Waals surface area contributed by atoms with Crippen molar-refractivity contribution in [2.75, 3.05) is 6.54 Å². The average molecular weight is 230 g/mol. The van der Waals surface area contributed by atoms with Crippen LogP contribution < -0.4 is 5.73 Å². The normalized spacial score (nSPS) is 12.6. The lowest BCUT2D eigenvalue weighted by molar-refractivity contribution is -0.139. The van der Waals surface area contributed by atoms with Crippen molar-refractivity contribution in [3.8, 4) is 0 Å². The number of carboxylic acids is 1. The summed E-state index contributed by atoms with van der Waals surface area (Å²) in [5.74, 6) is -0.932. The highest BCUT2D eigenvalue weighted by molar-refractivity contribution is 5.81. The largest absolute Gasteiger partial charge is 0.481 e. The Bertz CT molecular complexity index is 241. The van der Waals surface area contributed by atoms with E-state index in [0.29, 0.717) is 19.4 Å². The number of nitrogens with zero attached hydrogens (tertiary/aromatic N) is 1. The van der Waals surface area contributed by atoms with Gasteiger partial charge in [-0.05, 0) is 26.7 Å². The molecule has 0 aliphatic rings. The second-order valence-electron chi connectivity index (χ2n) is 4.14. The number of amides is 1. The summed E-state index contributed by atoms with van der Waals surface area (Å²) in [7, 11) is 0. The maximum atomic E-state index is 11.8. The van der Waals surface area contributed by atoms with Crippen molar-refractivity contribution in [2.24, 2.45) is 5.73 Å². The molecule has 0 radical (unpaired) electrons. The van der Waals surface area contributed by atoms with Crippen LogP contribution >= 0.6 is 0 Å². The molecule has 0 aromatic heterocycles. The molecule has 0 bridgehead atoms. The highest BCUT2D eigenvalue weighted by Gasteiger charge is 2.21. The molecule has 0 aromatic rings. The molecular formula is C11H22N2O3. The predicted molar refractivity (Wildman–Crippen MR) is 62.0 cm³/mol. The van der Waals surface area contributed by atoms with Crippen molar-refractivity contribution in [2.45, 2.75) is 52.1 Å². The quantitative estimate of drug-likeness (QED) is 0.678. The second-order valence-corrected chi connectivity index (χ2v) is 4.14. The van der Waals surface area contributed by atoms with Crippen molar-refractivity contribution in [1.82, 2.24) is 4.90 Å². The van der Waals surface area contributed by atoms with Gasteiger partial charge < -0.3 is 15.7 Å². The number of rotatable bonds is 7. The van der Waals surface area contributed by atoms with Crippen molar-refractivity contribution in [3.05, 3.63) is 0 Å². The first-order valence-corrected chi connectivity index (χ1v) is 5.68. The molecule has 0 aliphatic carbocycles. The van der Waals surface area contributed by atoms with Crippen molar-refractivity contribution < 1.29 is 14.7 Å². The molecule has 94 valence electrons. The monoisotopic (exact) mass is 230 g/mol. The molecule has 0 fully saturated rings. The van der Waals surface area contributed by atoms with Gasteiger partial charge in [0.15, 0.2) is 0 Å². The number of carbonyl (C=O) groups is 2.